The monoisotopic (exact) mass is 377 g/mol. The van der Waals surface area contributed by atoms with Gasteiger partial charge < -0.3 is 10.1 Å². The molecule has 1 saturated heterocycles. The smallest absolute Gasteiger partial charge is 0.287 e. The van der Waals surface area contributed by atoms with E-state index in [-0.39, 0.29) is 11.3 Å². The van der Waals surface area contributed by atoms with E-state index >= 15 is 0 Å². The lowest BCUT2D eigenvalue weighted by Crippen LogP contribution is -2.38. The first-order valence-electron chi connectivity index (χ1n) is 10.3. The Morgan fingerprint density at radius 3 is 2.96 bits per heavy atom. The number of ether oxygens (including phenoxy) is 1. The van der Waals surface area contributed by atoms with Crippen LogP contribution in [0.15, 0.2) is 23.8 Å². The number of aryl methyl sites for hydroxylation is 1. The Kier molecular flexibility index (Phi) is 5.37. The number of hydrogen-bond acceptors (Lipinski definition) is 3. The number of carbonyl (C=O) groups is 2. The summed E-state index contributed by atoms with van der Waals surface area (Å²) >= 11 is 0. The van der Waals surface area contributed by atoms with E-state index in [0.717, 1.165) is 51.6 Å². The molecule has 0 unspecified atom stereocenters. The number of hydrogen-bond donors (Lipinski definition) is 1. The van der Waals surface area contributed by atoms with E-state index in [4.69, 9.17) is 4.74 Å². The van der Waals surface area contributed by atoms with E-state index < -0.39 is 5.91 Å². The van der Waals surface area contributed by atoms with Gasteiger partial charge in [0, 0.05) is 37.7 Å². The Hall–Kier alpha value is -2.38. The zero-order chi connectivity index (χ0) is 19.6. The average Bonchev–Trinajstić information content (AvgIpc) is 3.23. The third-order valence-electron chi connectivity index (χ3n) is 6.27. The van der Waals surface area contributed by atoms with Crippen molar-refractivity contribution in [2.45, 2.75) is 62.8 Å². The molecule has 3 aliphatic rings. The number of methoxy groups -OCH3 is 1. The van der Waals surface area contributed by atoms with Gasteiger partial charge in [0.05, 0.1) is 0 Å². The normalized spacial score (nSPS) is 25.9. The number of fused-ring (bicyclic) bond motifs is 1. The van der Waals surface area contributed by atoms with Crippen LogP contribution >= 0.6 is 0 Å². The van der Waals surface area contributed by atoms with E-state index in [1.54, 1.807) is 7.11 Å². The third kappa shape index (κ3) is 3.91. The highest BCUT2D eigenvalue weighted by Gasteiger charge is 2.48. The van der Waals surface area contributed by atoms with Crippen molar-refractivity contribution in [1.82, 2.24) is 5.32 Å². The molecular weight excluding hydrogens is 350 g/mol. The fourth-order valence-corrected chi connectivity index (χ4v) is 4.77. The van der Waals surface area contributed by atoms with Gasteiger partial charge >= 0.3 is 0 Å². The van der Waals surface area contributed by atoms with Crippen LogP contribution in [-0.2, 0) is 20.7 Å². The van der Waals surface area contributed by atoms with Gasteiger partial charge in [-0.1, -0.05) is 30.0 Å². The summed E-state index contributed by atoms with van der Waals surface area (Å²) in [4.78, 5) is 23.3. The van der Waals surface area contributed by atoms with Gasteiger partial charge in [0.25, 0.3) is 5.91 Å². The fourth-order valence-electron chi connectivity index (χ4n) is 4.77. The number of unbranched alkanes of at least 4 members (excludes halogenated alkanes) is 1. The topological polar surface area (TPSA) is 55.4 Å². The molecule has 4 rings (SSSR count). The molecule has 1 spiro atoms. The lowest BCUT2D eigenvalue weighted by molar-refractivity contribution is -0.135. The summed E-state index contributed by atoms with van der Waals surface area (Å²) < 4.78 is 5.06. The van der Waals surface area contributed by atoms with Crippen molar-refractivity contribution in [2.75, 3.05) is 13.7 Å². The van der Waals surface area contributed by atoms with Crippen molar-refractivity contribution in [2.24, 2.45) is 0 Å². The van der Waals surface area contributed by atoms with Gasteiger partial charge in [0.1, 0.15) is 0 Å². The van der Waals surface area contributed by atoms with Gasteiger partial charge in [-0.25, -0.2) is 0 Å². The van der Waals surface area contributed by atoms with Crippen molar-refractivity contribution in [1.29, 1.82) is 0 Å². The second-order valence-electron chi connectivity index (χ2n) is 8.30. The summed E-state index contributed by atoms with van der Waals surface area (Å²) in [5.41, 5.74) is 4.92. The van der Waals surface area contributed by atoms with E-state index in [9.17, 15) is 9.59 Å². The van der Waals surface area contributed by atoms with Crippen molar-refractivity contribution in [3.63, 3.8) is 0 Å². The number of Topliss-reactive ketones (excluding diaryl/α,β-unsaturated/α-hetero) is 1. The van der Waals surface area contributed by atoms with Crippen molar-refractivity contribution < 1.29 is 14.3 Å². The van der Waals surface area contributed by atoms with E-state index in [2.05, 4.69) is 41.4 Å². The zero-order valence-corrected chi connectivity index (χ0v) is 16.5. The first-order valence-corrected chi connectivity index (χ1v) is 10.3. The van der Waals surface area contributed by atoms with Crippen molar-refractivity contribution >= 4 is 17.8 Å². The van der Waals surface area contributed by atoms with Gasteiger partial charge in [-0.3, -0.25) is 9.59 Å². The standard InChI is InChI=1S/C24H27NO3/c1-28-12-4-2-3-5-17-6-7-19-14-20(9-8-18(19)13-17)21-10-11-24(15-21)16-22(26)23(27)25-24/h8-9,13-14,21H,2,4,6-7,10-12,15-16H2,1H3,(H,25,27)/t21-,24-/m1/s1. The molecule has 1 aromatic rings. The van der Waals surface area contributed by atoms with Crippen LogP contribution in [0.4, 0.5) is 0 Å². The quantitative estimate of drug-likeness (QED) is 0.496. The molecule has 1 amide bonds. The summed E-state index contributed by atoms with van der Waals surface area (Å²) in [6.45, 7) is 0.764. The molecule has 1 aromatic carbocycles. The Bertz CT molecular complexity index is 871. The Labute approximate surface area is 166 Å². The molecule has 2 aliphatic carbocycles. The minimum absolute atomic E-state index is 0.257. The fraction of sp³-hybridized carbons (Fsp3) is 0.500. The second-order valence-corrected chi connectivity index (χ2v) is 8.30. The molecule has 1 heterocycles. The average molecular weight is 377 g/mol. The summed E-state index contributed by atoms with van der Waals surface area (Å²) in [6, 6.07) is 6.75. The maximum atomic E-state index is 11.7. The second kappa shape index (κ2) is 7.93. The number of allylic oxidation sites excluding steroid dienone is 1. The van der Waals surface area contributed by atoms with Crippen LogP contribution in [-0.4, -0.2) is 30.9 Å². The molecule has 2 atom stereocenters. The first kappa shape index (κ1) is 19.0. The van der Waals surface area contributed by atoms with Gasteiger partial charge in [0.15, 0.2) is 0 Å². The van der Waals surface area contributed by atoms with Crippen molar-refractivity contribution in [3.8, 4) is 11.8 Å². The summed E-state index contributed by atoms with van der Waals surface area (Å²) in [7, 11) is 1.72. The molecule has 1 saturated carbocycles. The largest absolute Gasteiger partial charge is 0.385 e. The van der Waals surface area contributed by atoms with Crippen LogP contribution in [0.2, 0.25) is 0 Å². The Morgan fingerprint density at radius 1 is 1.29 bits per heavy atom. The van der Waals surface area contributed by atoms with E-state index in [0.29, 0.717) is 12.3 Å². The van der Waals surface area contributed by atoms with Gasteiger partial charge in [0.2, 0.25) is 5.78 Å². The number of amides is 1. The zero-order valence-electron chi connectivity index (χ0n) is 16.5. The van der Waals surface area contributed by atoms with Crippen LogP contribution in [0.5, 0.6) is 0 Å². The predicted octanol–water partition coefficient (Wildman–Crippen LogP) is 3.54. The van der Waals surface area contributed by atoms with Gasteiger partial charge in [-0.15, -0.1) is 0 Å². The van der Waals surface area contributed by atoms with Crippen molar-refractivity contribution in [3.05, 3.63) is 40.5 Å². The number of carbonyl (C=O) groups excluding carboxylic acids is 2. The van der Waals surface area contributed by atoms with Crippen LogP contribution < -0.4 is 5.32 Å². The Balaban J connectivity index is 1.43. The van der Waals surface area contributed by atoms with E-state index in [1.165, 1.54) is 22.3 Å². The molecule has 1 N–H and O–H groups in total. The molecule has 0 aromatic heterocycles. The van der Waals surface area contributed by atoms with E-state index in [1.807, 2.05) is 0 Å². The summed E-state index contributed by atoms with van der Waals surface area (Å²) in [5.74, 6) is 6.33. The highest BCUT2D eigenvalue weighted by Crippen LogP contribution is 2.45. The molecule has 0 radical (unpaired) electrons. The molecule has 1 aliphatic heterocycles. The molecular formula is C24H27NO3. The molecule has 4 heteroatoms. The summed E-state index contributed by atoms with van der Waals surface area (Å²) in [6.07, 6.45) is 9.25. The predicted molar refractivity (Wildman–Crippen MR) is 109 cm³/mol. The highest BCUT2D eigenvalue weighted by molar-refractivity contribution is 6.38. The molecule has 2 fully saturated rings. The molecule has 0 bridgehead atoms. The van der Waals surface area contributed by atoms with Crippen LogP contribution in [0.3, 0.4) is 0 Å². The minimum atomic E-state index is -0.396. The lowest BCUT2D eigenvalue weighted by Gasteiger charge is -2.23. The van der Waals surface area contributed by atoms with Gasteiger partial charge in [-0.2, -0.15) is 0 Å². The molecule has 4 nitrogen and oxygen atoms in total. The number of rotatable bonds is 4. The third-order valence-corrected chi connectivity index (χ3v) is 6.27. The molecule has 28 heavy (non-hydrogen) atoms. The Morgan fingerprint density at radius 2 is 2.18 bits per heavy atom. The number of benzene rings is 1. The SMILES string of the molecule is COCCCC#CC1=Cc2ccc([C@@H]3CC[C@]4(CC(=O)C(=O)N4)C3)cc2CC1. The minimum Gasteiger partial charge on any atom is -0.385 e. The first-order chi connectivity index (χ1) is 13.6. The maximum Gasteiger partial charge on any atom is 0.287 e. The van der Waals surface area contributed by atoms with Crippen LogP contribution in [0, 0.1) is 11.8 Å². The number of ketones is 1. The maximum absolute atomic E-state index is 11.7. The summed E-state index contributed by atoms with van der Waals surface area (Å²) in [5, 5.41) is 2.96. The lowest BCUT2D eigenvalue weighted by atomic mass is 9.86. The van der Waals surface area contributed by atoms with Crippen LogP contribution in [0.25, 0.3) is 6.08 Å². The van der Waals surface area contributed by atoms with Gasteiger partial charge in [-0.05, 0) is 67.2 Å². The van der Waals surface area contributed by atoms with Crippen LogP contribution in [0.1, 0.15) is 67.6 Å². The number of nitrogens with one attached hydrogen (secondary N) is 1. The molecule has 146 valence electrons. The highest BCUT2D eigenvalue weighted by atomic mass is 16.5.